The van der Waals surface area contributed by atoms with Crippen LogP contribution in [0, 0.1) is 0 Å². The number of sulfonamides is 1. The summed E-state index contributed by atoms with van der Waals surface area (Å²) in [6.07, 6.45) is 0.576. The Labute approximate surface area is 129 Å². The van der Waals surface area contributed by atoms with Crippen LogP contribution in [0.5, 0.6) is 0 Å². The van der Waals surface area contributed by atoms with Crippen LogP contribution >= 0.6 is 0 Å². The molecule has 0 bridgehead atoms. The molecule has 7 heteroatoms. The lowest BCUT2D eigenvalue weighted by molar-refractivity contribution is -0.137. The third kappa shape index (κ3) is 4.04. The van der Waals surface area contributed by atoms with E-state index in [2.05, 4.69) is 0 Å². The van der Waals surface area contributed by atoms with Crippen LogP contribution in [0.4, 0.5) is 4.39 Å². The van der Waals surface area contributed by atoms with Gasteiger partial charge in [-0.05, 0) is 24.8 Å². The molecule has 0 aliphatic carbocycles. The molecule has 1 atom stereocenters. The standard InChI is InChI=1S/C15H20FNO4S/c16-15(13-6-2-1-3-7-13)9-5-10-17(12-15)22(20,21)11-4-8-14(18)19/h1-3,6-7H,4-5,8-12H2,(H,18,19). The lowest BCUT2D eigenvalue weighted by atomic mass is 9.88. The van der Waals surface area contributed by atoms with Gasteiger partial charge in [0.2, 0.25) is 10.0 Å². The molecule has 1 saturated heterocycles. The summed E-state index contributed by atoms with van der Waals surface area (Å²) in [7, 11) is -3.63. The molecule has 1 aliphatic rings. The van der Waals surface area contributed by atoms with E-state index >= 15 is 4.39 Å². The van der Waals surface area contributed by atoms with Gasteiger partial charge < -0.3 is 5.11 Å². The fourth-order valence-corrected chi connectivity index (χ4v) is 4.29. The molecule has 1 heterocycles. The van der Waals surface area contributed by atoms with Gasteiger partial charge in [0.25, 0.3) is 0 Å². The van der Waals surface area contributed by atoms with Crippen molar-refractivity contribution >= 4 is 16.0 Å². The Morgan fingerprint density at radius 3 is 2.64 bits per heavy atom. The summed E-state index contributed by atoms with van der Waals surface area (Å²) < 4.78 is 40.8. The maximum absolute atomic E-state index is 15.1. The Morgan fingerprint density at radius 1 is 1.32 bits per heavy atom. The Morgan fingerprint density at radius 2 is 2.00 bits per heavy atom. The van der Waals surface area contributed by atoms with Crippen molar-refractivity contribution in [2.24, 2.45) is 0 Å². The molecule has 1 aliphatic heterocycles. The molecule has 1 fully saturated rings. The zero-order chi connectivity index (χ0) is 16.2. The molecule has 1 aromatic rings. The van der Waals surface area contributed by atoms with E-state index in [9.17, 15) is 13.2 Å². The molecule has 1 N–H and O–H groups in total. The van der Waals surface area contributed by atoms with Gasteiger partial charge in [0.05, 0.1) is 12.3 Å². The number of carbonyl (C=O) groups is 1. The highest BCUT2D eigenvalue weighted by Gasteiger charge is 2.40. The maximum atomic E-state index is 15.1. The van der Waals surface area contributed by atoms with Crippen LogP contribution in [-0.4, -0.2) is 42.6 Å². The van der Waals surface area contributed by atoms with E-state index in [1.165, 1.54) is 0 Å². The molecule has 22 heavy (non-hydrogen) atoms. The van der Waals surface area contributed by atoms with Crippen LogP contribution < -0.4 is 0 Å². The van der Waals surface area contributed by atoms with Gasteiger partial charge in [-0.25, -0.2) is 12.8 Å². The minimum Gasteiger partial charge on any atom is -0.481 e. The van der Waals surface area contributed by atoms with E-state index in [-0.39, 0.29) is 38.1 Å². The van der Waals surface area contributed by atoms with Gasteiger partial charge in [-0.3, -0.25) is 4.79 Å². The quantitative estimate of drug-likeness (QED) is 0.868. The van der Waals surface area contributed by atoms with E-state index in [0.29, 0.717) is 12.0 Å². The number of carboxylic acids is 1. The van der Waals surface area contributed by atoms with Crippen molar-refractivity contribution < 1.29 is 22.7 Å². The molecule has 0 amide bonds. The summed E-state index contributed by atoms with van der Waals surface area (Å²) in [6.45, 7) is 0.0837. The van der Waals surface area contributed by atoms with Crippen molar-refractivity contribution in [1.29, 1.82) is 0 Å². The lowest BCUT2D eigenvalue weighted by Gasteiger charge is -2.37. The van der Waals surface area contributed by atoms with Crippen molar-refractivity contribution in [3.63, 3.8) is 0 Å². The summed E-state index contributed by atoms with van der Waals surface area (Å²) in [6, 6.07) is 8.59. The number of rotatable bonds is 6. The molecule has 122 valence electrons. The van der Waals surface area contributed by atoms with Gasteiger partial charge in [0.1, 0.15) is 5.67 Å². The Bertz CT molecular complexity index is 620. The average Bonchev–Trinajstić information content (AvgIpc) is 2.47. The second-order valence-corrected chi connectivity index (χ2v) is 7.67. The fourth-order valence-electron chi connectivity index (χ4n) is 2.72. The summed E-state index contributed by atoms with van der Waals surface area (Å²) in [5, 5.41) is 8.58. The highest BCUT2D eigenvalue weighted by molar-refractivity contribution is 7.89. The number of hydrogen-bond acceptors (Lipinski definition) is 3. The van der Waals surface area contributed by atoms with Gasteiger partial charge in [-0.15, -0.1) is 0 Å². The van der Waals surface area contributed by atoms with Crippen LogP contribution in [0.25, 0.3) is 0 Å². The molecule has 0 spiro atoms. The summed E-state index contributed by atoms with van der Waals surface area (Å²) in [4.78, 5) is 10.5. The monoisotopic (exact) mass is 329 g/mol. The van der Waals surface area contributed by atoms with Crippen LogP contribution in [0.1, 0.15) is 31.2 Å². The fraction of sp³-hybridized carbons (Fsp3) is 0.533. The summed E-state index contributed by atoms with van der Waals surface area (Å²) in [5.74, 6) is -1.29. The average molecular weight is 329 g/mol. The minimum atomic E-state index is -3.63. The van der Waals surface area contributed by atoms with Crippen molar-refractivity contribution in [1.82, 2.24) is 4.31 Å². The zero-order valence-corrected chi connectivity index (χ0v) is 13.1. The molecular formula is C15H20FNO4S. The normalized spacial score (nSPS) is 23.3. The molecule has 0 aromatic heterocycles. The van der Waals surface area contributed by atoms with Gasteiger partial charge in [-0.2, -0.15) is 4.31 Å². The van der Waals surface area contributed by atoms with E-state index in [0.717, 1.165) is 4.31 Å². The first-order valence-corrected chi connectivity index (χ1v) is 8.88. The largest absolute Gasteiger partial charge is 0.481 e. The van der Waals surface area contributed by atoms with Crippen molar-refractivity contribution in [3.05, 3.63) is 35.9 Å². The first-order valence-electron chi connectivity index (χ1n) is 7.28. The number of carboxylic acid groups (broad SMARTS) is 1. The third-order valence-corrected chi connectivity index (χ3v) is 5.79. The van der Waals surface area contributed by atoms with E-state index in [1.54, 1.807) is 30.3 Å². The summed E-state index contributed by atoms with van der Waals surface area (Å²) in [5.41, 5.74) is -1.19. The van der Waals surface area contributed by atoms with Crippen LogP contribution in [0.2, 0.25) is 0 Å². The third-order valence-electron chi connectivity index (χ3n) is 3.89. The Hall–Kier alpha value is -1.47. The molecular weight excluding hydrogens is 309 g/mol. The SMILES string of the molecule is O=C(O)CCCS(=O)(=O)N1CCCC(F)(c2ccccc2)C1. The van der Waals surface area contributed by atoms with Gasteiger partial charge in [-0.1, -0.05) is 30.3 Å². The smallest absolute Gasteiger partial charge is 0.303 e. The predicted molar refractivity (Wildman–Crippen MR) is 80.7 cm³/mol. The van der Waals surface area contributed by atoms with Gasteiger partial charge in [0.15, 0.2) is 0 Å². The number of nitrogens with zero attached hydrogens (tertiary/aromatic N) is 1. The number of benzene rings is 1. The van der Waals surface area contributed by atoms with Crippen LogP contribution in [-0.2, 0) is 20.5 Å². The van der Waals surface area contributed by atoms with E-state index < -0.39 is 21.7 Å². The van der Waals surface area contributed by atoms with Gasteiger partial charge >= 0.3 is 5.97 Å². The molecule has 0 radical (unpaired) electrons. The highest BCUT2D eigenvalue weighted by atomic mass is 32.2. The topological polar surface area (TPSA) is 74.7 Å². The molecule has 0 saturated carbocycles. The minimum absolute atomic E-state index is 0.0405. The van der Waals surface area contributed by atoms with Crippen LogP contribution in [0.3, 0.4) is 0 Å². The van der Waals surface area contributed by atoms with E-state index in [1.807, 2.05) is 0 Å². The second kappa shape index (κ2) is 6.75. The predicted octanol–water partition coefficient (Wildman–Crippen LogP) is 2.14. The number of piperidine rings is 1. The van der Waals surface area contributed by atoms with E-state index in [4.69, 9.17) is 5.11 Å². The highest BCUT2D eigenvalue weighted by Crippen LogP contribution is 2.36. The number of halogens is 1. The first kappa shape index (κ1) is 16.9. The molecule has 2 rings (SSSR count). The first-order chi connectivity index (χ1) is 10.3. The van der Waals surface area contributed by atoms with Crippen LogP contribution in [0.15, 0.2) is 30.3 Å². The van der Waals surface area contributed by atoms with Crippen molar-refractivity contribution in [2.75, 3.05) is 18.8 Å². The Kier molecular flexibility index (Phi) is 5.18. The van der Waals surface area contributed by atoms with Gasteiger partial charge in [0, 0.05) is 13.0 Å². The maximum Gasteiger partial charge on any atom is 0.303 e. The van der Waals surface area contributed by atoms with Crippen molar-refractivity contribution in [3.8, 4) is 0 Å². The molecule has 1 unspecified atom stereocenters. The second-order valence-electron chi connectivity index (χ2n) is 5.58. The lowest BCUT2D eigenvalue weighted by Crippen LogP contribution is -2.47. The number of aliphatic carboxylic acids is 1. The summed E-state index contributed by atoms with van der Waals surface area (Å²) >= 11 is 0. The molecule has 5 nitrogen and oxygen atoms in total. The number of alkyl halides is 1. The Balaban J connectivity index is 2.08. The number of hydrogen-bond donors (Lipinski definition) is 1. The zero-order valence-electron chi connectivity index (χ0n) is 12.2. The molecule has 1 aromatic carbocycles. The van der Waals surface area contributed by atoms with Crippen molar-refractivity contribution in [2.45, 2.75) is 31.4 Å².